The lowest BCUT2D eigenvalue weighted by atomic mass is 10.0. The average Bonchev–Trinajstić information content (AvgIpc) is 2.72. The summed E-state index contributed by atoms with van der Waals surface area (Å²) in [7, 11) is 0. The van der Waals surface area contributed by atoms with Crippen LogP contribution in [-0.2, 0) is 13.0 Å². The fraction of sp³-hybridized carbons (Fsp3) is 0.357. The van der Waals surface area contributed by atoms with E-state index in [2.05, 4.69) is 17.7 Å². The van der Waals surface area contributed by atoms with Gasteiger partial charge in [0.15, 0.2) is 0 Å². The molecule has 1 atom stereocenters. The third-order valence-corrected chi connectivity index (χ3v) is 3.47. The van der Waals surface area contributed by atoms with Gasteiger partial charge in [0.05, 0.1) is 5.69 Å². The van der Waals surface area contributed by atoms with Gasteiger partial charge in [0.25, 0.3) is 0 Å². The zero-order valence-corrected chi connectivity index (χ0v) is 10.1. The maximum absolute atomic E-state index is 5.99. The zero-order valence-electron chi connectivity index (χ0n) is 10.1. The molecular weight excluding hydrogens is 210 g/mol. The van der Waals surface area contributed by atoms with Crippen molar-refractivity contribution in [3.05, 3.63) is 36.3 Å². The Labute approximate surface area is 101 Å². The van der Waals surface area contributed by atoms with Crippen LogP contribution in [0.2, 0.25) is 0 Å². The van der Waals surface area contributed by atoms with Gasteiger partial charge in [-0.3, -0.25) is 0 Å². The molecule has 2 N–H and O–H groups in total. The van der Waals surface area contributed by atoms with Gasteiger partial charge < -0.3 is 10.3 Å². The molecule has 0 amide bonds. The molecule has 88 valence electrons. The molecule has 3 heteroatoms. The zero-order chi connectivity index (χ0) is 11.8. The van der Waals surface area contributed by atoms with Crippen molar-refractivity contribution in [2.45, 2.75) is 26.3 Å². The molecule has 3 nitrogen and oxygen atoms in total. The van der Waals surface area contributed by atoms with Crippen LogP contribution in [0.15, 0.2) is 30.5 Å². The van der Waals surface area contributed by atoms with Gasteiger partial charge in [-0.1, -0.05) is 25.1 Å². The van der Waals surface area contributed by atoms with E-state index in [1.54, 1.807) is 0 Å². The number of benzene rings is 1. The monoisotopic (exact) mass is 227 g/mol. The number of nitrogen functional groups attached to an aromatic ring is 1. The minimum atomic E-state index is 0.748. The molecule has 0 fully saturated rings. The van der Waals surface area contributed by atoms with Crippen molar-refractivity contribution < 1.29 is 0 Å². The SMILES string of the molecule is C[C@@H]1CCc2nc(-c3ccccc3N)cn2C1. The van der Waals surface area contributed by atoms with Gasteiger partial charge in [-0.2, -0.15) is 0 Å². The molecule has 0 spiro atoms. The van der Waals surface area contributed by atoms with E-state index >= 15 is 0 Å². The summed E-state index contributed by atoms with van der Waals surface area (Å²) in [6.07, 6.45) is 4.45. The summed E-state index contributed by atoms with van der Waals surface area (Å²) in [6.45, 7) is 3.37. The average molecular weight is 227 g/mol. The minimum Gasteiger partial charge on any atom is -0.398 e. The highest BCUT2D eigenvalue weighted by molar-refractivity contribution is 5.73. The summed E-state index contributed by atoms with van der Waals surface area (Å²) in [6, 6.07) is 7.92. The molecule has 1 aromatic heterocycles. The van der Waals surface area contributed by atoms with Gasteiger partial charge in [-0.05, 0) is 18.4 Å². The van der Waals surface area contributed by atoms with Gasteiger partial charge in [-0.25, -0.2) is 4.98 Å². The first-order chi connectivity index (χ1) is 8.24. The Bertz CT molecular complexity index is 542. The van der Waals surface area contributed by atoms with Gasteiger partial charge in [0, 0.05) is 30.4 Å². The molecule has 3 rings (SSSR count). The lowest BCUT2D eigenvalue weighted by Gasteiger charge is -2.19. The van der Waals surface area contributed by atoms with E-state index in [4.69, 9.17) is 10.7 Å². The van der Waals surface area contributed by atoms with Gasteiger partial charge in [0.2, 0.25) is 0 Å². The van der Waals surface area contributed by atoms with E-state index in [-0.39, 0.29) is 0 Å². The Morgan fingerprint density at radius 3 is 3.00 bits per heavy atom. The number of hydrogen-bond acceptors (Lipinski definition) is 2. The second-order valence-corrected chi connectivity index (χ2v) is 4.93. The number of aromatic nitrogens is 2. The van der Waals surface area contributed by atoms with Crippen LogP contribution in [0.4, 0.5) is 5.69 Å². The topological polar surface area (TPSA) is 43.8 Å². The third-order valence-electron chi connectivity index (χ3n) is 3.47. The molecule has 0 unspecified atom stereocenters. The number of nitrogens with zero attached hydrogens (tertiary/aromatic N) is 2. The second-order valence-electron chi connectivity index (χ2n) is 4.93. The van der Waals surface area contributed by atoms with Crippen molar-refractivity contribution in [3.63, 3.8) is 0 Å². The Morgan fingerprint density at radius 1 is 1.35 bits per heavy atom. The fourth-order valence-corrected chi connectivity index (χ4v) is 2.47. The van der Waals surface area contributed by atoms with E-state index in [1.807, 2.05) is 24.3 Å². The lowest BCUT2D eigenvalue weighted by Crippen LogP contribution is -2.17. The van der Waals surface area contributed by atoms with Crippen LogP contribution in [0.5, 0.6) is 0 Å². The van der Waals surface area contributed by atoms with Gasteiger partial charge in [0.1, 0.15) is 5.82 Å². The molecule has 2 aromatic rings. The molecule has 0 saturated heterocycles. The van der Waals surface area contributed by atoms with Crippen LogP contribution in [0.1, 0.15) is 19.2 Å². The van der Waals surface area contributed by atoms with Crippen molar-refractivity contribution in [2.75, 3.05) is 5.73 Å². The number of imidazole rings is 1. The van der Waals surface area contributed by atoms with Crippen LogP contribution in [-0.4, -0.2) is 9.55 Å². The van der Waals surface area contributed by atoms with E-state index in [9.17, 15) is 0 Å². The van der Waals surface area contributed by atoms with E-state index in [1.165, 1.54) is 12.2 Å². The number of para-hydroxylation sites is 1. The number of anilines is 1. The predicted octanol–water partition coefficient (Wildman–Crippen LogP) is 2.71. The summed E-state index contributed by atoms with van der Waals surface area (Å²) in [4.78, 5) is 4.70. The predicted molar refractivity (Wildman–Crippen MR) is 69.6 cm³/mol. The lowest BCUT2D eigenvalue weighted by molar-refractivity contribution is 0.394. The van der Waals surface area contributed by atoms with Crippen LogP contribution in [0.25, 0.3) is 11.3 Å². The van der Waals surface area contributed by atoms with Gasteiger partial charge >= 0.3 is 0 Å². The Morgan fingerprint density at radius 2 is 2.18 bits per heavy atom. The van der Waals surface area contributed by atoms with Crippen LogP contribution in [0, 0.1) is 5.92 Å². The number of aryl methyl sites for hydroxylation is 1. The fourth-order valence-electron chi connectivity index (χ4n) is 2.47. The quantitative estimate of drug-likeness (QED) is 0.761. The molecule has 2 heterocycles. The third kappa shape index (κ3) is 1.82. The molecule has 0 bridgehead atoms. The number of nitrogens with two attached hydrogens (primary N) is 1. The highest BCUT2D eigenvalue weighted by atomic mass is 15.1. The number of rotatable bonds is 1. The molecule has 1 aliphatic rings. The maximum atomic E-state index is 5.99. The summed E-state index contributed by atoms with van der Waals surface area (Å²) in [5.41, 5.74) is 8.84. The normalized spacial score (nSPS) is 19.0. The molecule has 1 aromatic carbocycles. The Hall–Kier alpha value is -1.77. The largest absolute Gasteiger partial charge is 0.398 e. The van der Waals surface area contributed by atoms with E-state index < -0.39 is 0 Å². The first kappa shape index (κ1) is 10.4. The Kier molecular flexibility index (Phi) is 2.39. The minimum absolute atomic E-state index is 0.748. The van der Waals surface area contributed by atoms with Crippen molar-refractivity contribution in [2.24, 2.45) is 5.92 Å². The molecule has 0 radical (unpaired) electrons. The van der Waals surface area contributed by atoms with Gasteiger partial charge in [-0.15, -0.1) is 0 Å². The summed E-state index contributed by atoms with van der Waals surface area (Å²) < 4.78 is 2.27. The van der Waals surface area contributed by atoms with Crippen molar-refractivity contribution >= 4 is 5.69 Å². The molecule has 1 aliphatic heterocycles. The summed E-state index contributed by atoms with van der Waals surface area (Å²) in [5, 5.41) is 0. The van der Waals surface area contributed by atoms with Crippen molar-refractivity contribution in [3.8, 4) is 11.3 Å². The van der Waals surface area contributed by atoms with E-state index in [0.717, 1.165) is 35.8 Å². The Balaban J connectivity index is 2.03. The van der Waals surface area contributed by atoms with Crippen molar-refractivity contribution in [1.29, 1.82) is 0 Å². The van der Waals surface area contributed by atoms with Crippen molar-refractivity contribution in [1.82, 2.24) is 9.55 Å². The molecular formula is C14H17N3. The maximum Gasteiger partial charge on any atom is 0.109 e. The van der Waals surface area contributed by atoms with Crippen LogP contribution in [0.3, 0.4) is 0 Å². The standard InChI is InChI=1S/C14H17N3/c1-10-6-7-14-16-13(9-17(14)8-10)11-4-2-3-5-12(11)15/h2-5,9-10H,6-8,15H2,1H3/t10-/m1/s1. The highest BCUT2D eigenvalue weighted by Crippen LogP contribution is 2.27. The van der Waals surface area contributed by atoms with Crippen LogP contribution < -0.4 is 5.73 Å². The second kappa shape index (κ2) is 3.91. The smallest absolute Gasteiger partial charge is 0.109 e. The highest BCUT2D eigenvalue weighted by Gasteiger charge is 2.18. The number of fused-ring (bicyclic) bond motifs is 1. The number of hydrogen-bond donors (Lipinski definition) is 1. The van der Waals surface area contributed by atoms with E-state index in [0.29, 0.717) is 0 Å². The van der Waals surface area contributed by atoms with Crippen LogP contribution >= 0.6 is 0 Å². The summed E-state index contributed by atoms with van der Waals surface area (Å²) >= 11 is 0. The summed E-state index contributed by atoms with van der Waals surface area (Å²) in [5.74, 6) is 1.94. The molecule has 0 aliphatic carbocycles. The first-order valence-electron chi connectivity index (χ1n) is 6.15. The molecule has 0 saturated carbocycles. The molecule has 17 heavy (non-hydrogen) atoms. The first-order valence-corrected chi connectivity index (χ1v) is 6.15.